The van der Waals surface area contributed by atoms with E-state index in [9.17, 15) is 13.6 Å². The number of benzene rings is 2. The van der Waals surface area contributed by atoms with Gasteiger partial charge in [-0.3, -0.25) is 4.79 Å². The molecule has 0 radical (unpaired) electrons. The highest BCUT2D eigenvalue weighted by atomic mass is 19.1. The normalized spacial score (nSPS) is 26.6. The van der Waals surface area contributed by atoms with Crippen LogP contribution in [0.15, 0.2) is 42.5 Å². The minimum Gasteiger partial charge on any atom is -0.321 e. The maximum Gasteiger partial charge on any atom is 0.256 e. The van der Waals surface area contributed by atoms with E-state index >= 15 is 0 Å². The summed E-state index contributed by atoms with van der Waals surface area (Å²) in [5.74, 6) is -1.11. The number of hydrogen-bond donors (Lipinski definition) is 2. The van der Waals surface area contributed by atoms with Crippen molar-refractivity contribution in [3.05, 3.63) is 59.7 Å². The van der Waals surface area contributed by atoms with Gasteiger partial charge in [-0.05, 0) is 75.0 Å². The van der Waals surface area contributed by atoms with Crippen LogP contribution in [0.1, 0.15) is 44.6 Å². The van der Waals surface area contributed by atoms with E-state index in [1.807, 2.05) is 6.08 Å². The van der Waals surface area contributed by atoms with Crippen LogP contribution in [-0.2, 0) is 4.79 Å². The molecule has 174 valence electrons. The zero-order valence-electron chi connectivity index (χ0n) is 19.0. The standard InChI is InChI=1S/C27H31F2N3O/c1-17-15-18(11-14-32-12-3-2-4-13-32)30-24(17)16-20-25-19(7-5-10-23(25)31-27(20)33)26-21(28)8-6-9-22(26)29/h5-10,16-18,24,30H,2-4,11-15H2,1H3,(H,31,33)/b20-16-. The van der Waals surface area contributed by atoms with Gasteiger partial charge in [0.05, 0.1) is 5.56 Å². The molecule has 2 aromatic carbocycles. The van der Waals surface area contributed by atoms with E-state index in [1.165, 1.54) is 50.6 Å². The largest absolute Gasteiger partial charge is 0.321 e. The molecule has 2 fully saturated rings. The summed E-state index contributed by atoms with van der Waals surface area (Å²) in [6.07, 6.45) is 8.05. The third-order valence-corrected chi connectivity index (χ3v) is 7.34. The molecule has 6 heteroatoms. The zero-order chi connectivity index (χ0) is 22.9. The molecule has 0 bridgehead atoms. The third kappa shape index (κ3) is 4.46. The number of halogens is 2. The van der Waals surface area contributed by atoms with Crippen LogP contribution in [0, 0.1) is 17.6 Å². The van der Waals surface area contributed by atoms with E-state index in [0.29, 0.717) is 34.3 Å². The van der Waals surface area contributed by atoms with Crippen molar-refractivity contribution in [3.63, 3.8) is 0 Å². The second-order valence-corrected chi connectivity index (χ2v) is 9.65. The second kappa shape index (κ2) is 9.35. The van der Waals surface area contributed by atoms with Gasteiger partial charge in [0.2, 0.25) is 0 Å². The third-order valence-electron chi connectivity index (χ3n) is 7.34. The Morgan fingerprint density at radius 3 is 2.52 bits per heavy atom. The van der Waals surface area contributed by atoms with Crippen molar-refractivity contribution in [2.75, 3.05) is 25.0 Å². The first-order valence-electron chi connectivity index (χ1n) is 12.1. The molecule has 0 aliphatic carbocycles. The number of amides is 1. The first-order valence-corrected chi connectivity index (χ1v) is 12.1. The number of nitrogens with one attached hydrogen (secondary N) is 2. The average molecular weight is 452 g/mol. The van der Waals surface area contributed by atoms with Gasteiger partial charge >= 0.3 is 0 Å². The van der Waals surface area contributed by atoms with E-state index < -0.39 is 11.6 Å². The molecule has 3 atom stereocenters. The Bertz CT molecular complexity index is 1060. The first kappa shape index (κ1) is 22.2. The number of nitrogens with zero attached hydrogens (tertiary/aromatic N) is 1. The van der Waals surface area contributed by atoms with Gasteiger partial charge in [-0.25, -0.2) is 8.78 Å². The van der Waals surface area contributed by atoms with Crippen molar-refractivity contribution in [1.82, 2.24) is 10.2 Å². The fourth-order valence-corrected chi connectivity index (χ4v) is 5.59. The van der Waals surface area contributed by atoms with Crippen LogP contribution in [-0.4, -0.2) is 42.5 Å². The summed E-state index contributed by atoms with van der Waals surface area (Å²) in [4.78, 5) is 15.4. The zero-order valence-corrected chi connectivity index (χ0v) is 19.0. The Hall–Kier alpha value is -2.57. The van der Waals surface area contributed by atoms with Crippen molar-refractivity contribution < 1.29 is 13.6 Å². The maximum absolute atomic E-state index is 14.6. The molecule has 33 heavy (non-hydrogen) atoms. The van der Waals surface area contributed by atoms with Crippen molar-refractivity contribution in [1.29, 1.82) is 0 Å². The smallest absolute Gasteiger partial charge is 0.256 e. The Balaban J connectivity index is 1.40. The molecule has 3 unspecified atom stereocenters. The highest BCUT2D eigenvalue weighted by Crippen LogP contribution is 2.42. The van der Waals surface area contributed by atoms with Crippen molar-refractivity contribution >= 4 is 17.2 Å². The number of anilines is 1. The summed E-state index contributed by atoms with van der Waals surface area (Å²) < 4.78 is 29.2. The second-order valence-electron chi connectivity index (χ2n) is 9.65. The first-order chi connectivity index (χ1) is 16.0. The van der Waals surface area contributed by atoms with Crippen LogP contribution < -0.4 is 10.6 Å². The predicted molar refractivity (Wildman–Crippen MR) is 128 cm³/mol. The molecule has 3 aliphatic rings. The van der Waals surface area contributed by atoms with Gasteiger partial charge in [0.1, 0.15) is 11.6 Å². The predicted octanol–water partition coefficient (Wildman–Crippen LogP) is 5.21. The lowest BCUT2D eigenvalue weighted by atomic mass is 9.91. The Labute approximate surface area is 194 Å². The maximum atomic E-state index is 14.6. The molecule has 3 aliphatic heterocycles. The Kier molecular flexibility index (Phi) is 6.30. The number of rotatable bonds is 5. The Morgan fingerprint density at radius 1 is 1.03 bits per heavy atom. The minimum atomic E-state index is -0.632. The average Bonchev–Trinajstić information content (AvgIpc) is 3.32. The van der Waals surface area contributed by atoms with Crippen LogP contribution in [0.2, 0.25) is 0 Å². The lowest BCUT2D eigenvalue weighted by molar-refractivity contribution is -0.110. The molecule has 0 spiro atoms. The van der Waals surface area contributed by atoms with Gasteiger partial charge < -0.3 is 15.5 Å². The Morgan fingerprint density at radius 2 is 1.76 bits per heavy atom. The SMILES string of the molecule is CC1CC(CCN2CCCCC2)NC1/C=C1\C(=O)Nc2cccc(-c3c(F)cccc3F)c21. The van der Waals surface area contributed by atoms with Crippen LogP contribution in [0.3, 0.4) is 0 Å². The molecule has 2 aromatic rings. The number of carbonyl (C=O) groups is 1. The van der Waals surface area contributed by atoms with E-state index in [1.54, 1.807) is 18.2 Å². The summed E-state index contributed by atoms with van der Waals surface area (Å²) in [5, 5.41) is 6.59. The van der Waals surface area contributed by atoms with Crippen LogP contribution >= 0.6 is 0 Å². The van der Waals surface area contributed by atoms with Crippen LogP contribution in [0.25, 0.3) is 16.7 Å². The van der Waals surface area contributed by atoms with E-state index in [4.69, 9.17) is 0 Å². The molecular formula is C27H31F2N3O. The van der Waals surface area contributed by atoms with E-state index in [-0.39, 0.29) is 17.5 Å². The summed E-state index contributed by atoms with van der Waals surface area (Å²) in [7, 11) is 0. The van der Waals surface area contributed by atoms with E-state index in [2.05, 4.69) is 22.5 Å². The van der Waals surface area contributed by atoms with Crippen LogP contribution in [0.5, 0.6) is 0 Å². The molecule has 2 N–H and O–H groups in total. The van der Waals surface area contributed by atoms with Crippen molar-refractivity contribution in [2.45, 2.75) is 51.1 Å². The van der Waals surface area contributed by atoms with E-state index in [0.717, 1.165) is 19.4 Å². The van der Waals surface area contributed by atoms with Gasteiger partial charge in [-0.15, -0.1) is 0 Å². The highest BCUT2D eigenvalue weighted by Gasteiger charge is 2.34. The van der Waals surface area contributed by atoms with Crippen LogP contribution in [0.4, 0.5) is 14.5 Å². The molecule has 1 amide bonds. The summed E-state index contributed by atoms with van der Waals surface area (Å²) in [6.45, 7) is 5.70. The van der Waals surface area contributed by atoms with Gasteiger partial charge in [0.15, 0.2) is 0 Å². The summed E-state index contributed by atoms with van der Waals surface area (Å²) >= 11 is 0. The number of hydrogen-bond acceptors (Lipinski definition) is 3. The molecule has 2 saturated heterocycles. The minimum absolute atomic E-state index is 0.0431. The topological polar surface area (TPSA) is 44.4 Å². The molecule has 0 saturated carbocycles. The molecular weight excluding hydrogens is 420 g/mol. The van der Waals surface area contributed by atoms with Gasteiger partial charge in [0, 0.05) is 28.9 Å². The molecule has 3 heterocycles. The monoisotopic (exact) mass is 451 g/mol. The van der Waals surface area contributed by atoms with Gasteiger partial charge in [-0.1, -0.05) is 37.6 Å². The number of fused-ring (bicyclic) bond motifs is 1. The van der Waals surface area contributed by atoms with Gasteiger partial charge in [-0.2, -0.15) is 0 Å². The van der Waals surface area contributed by atoms with Crippen molar-refractivity contribution in [2.24, 2.45) is 5.92 Å². The van der Waals surface area contributed by atoms with Crippen molar-refractivity contribution in [3.8, 4) is 11.1 Å². The number of carbonyl (C=O) groups excluding carboxylic acids is 1. The summed E-state index contributed by atoms with van der Waals surface area (Å²) in [5.41, 5.74) is 1.98. The highest BCUT2D eigenvalue weighted by molar-refractivity contribution is 6.33. The lowest BCUT2D eigenvalue weighted by Gasteiger charge is -2.27. The molecule has 4 nitrogen and oxygen atoms in total. The quantitative estimate of drug-likeness (QED) is 0.614. The number of likely N-dealkylation sites (tertiary alicyclic amines) is 1. The number of piperidine rings is 1. The van der Waals surface area contributed by atoms with Gasteiger partial charge in [0.25, 0.3) is 5.91 Å². The fourth-order valence-electron chi connectivity index (χ4n) is 5.59. The molecule has 5 rings (SSSR count). The molecule has 0 aromatic heterocycles. The lowest BCUT2D eigenvalue weighted by Crippen LogP contribution is -2.36. The fraction of sp³-hybridized carbons (Fsp3) is 0.444. The summed E-state index contributed by atoms with van der Waals surface area (Å²) in [6, 6.07) is 9.48.